The number of amides is 1. The Morgan fingerprint density at radius 2 is 1.88 bits per heavy atom. The fourth-order valence-electron chi connectivity index (χ4n) is 4.59. The third kappa shape index (κ3) is 4.43. The molecule has 166 valence electrons. The second-order valence-corrected chi connectivity index (χ2v) is 8.60. The van der Waals surface area contributed by atoms with Crippen LogP contribution in [0.1, 0.15) is 44.1 Å². The van der Waals surface area contributed by atoms with E-state index in [9.17, 15) is 4.79 Å². The molecule has 1 unspecified atom stereocenters. The molecule has 32 heavy (non-hydrogen) atoms. The van der Waals surface area contributed by atoms with Crippen LogP contribution in [0.15, 0.2) is 42.7 Å². The third-order valence-corrected chi connectivity index (χ3v) is 6.44. The number of piperidine rings is 1. The maximum atomic E-state index is 11.6. The van der Waals surface area contributed by atoms with E-state index in [1.807, 2.05) is 11.0 Å². The number of hydrogen-bond donors (Lipinski definition) is 0. The largest absolute Gasteiger partial charge is 0.470 e. The second kappa shape index (κ2) is 9.20. The topological polar surface area (TPSA) is 77.4 Å². The number of aromatic nitrogens is 3. The lowest BCUT2D eigenvalue weighted by atomic mass is 9.89. The van der Waals surface area contributed by atoms with Gasteiger partial charge in [0.1, 0.15) is 6.10 Å². The number of hydrogen-bond acceptors (Lipinski definition) is 6. The molecule has 1 atom stereocenters. The van der Waals surface area contributed by atoms with Crippen molar-refractivity contribution in [2.45, 2.75) is 44.6 Å². The van der Waals surface area contributed by atoms with Crippen LogP contribution in [0.3, 0.4) is 0 Å². The number of fused-ring (bicyclic) bond motifs is 1. The number of benzene rings is 1. The standard InChI is InChI=1S/C25H28N4O3/c1-17(30)29-12-8-19(9-13-29)18-4-6-20(7-5-18)22-15-23-24(27-11-10-26-23)25(28-22)32-21-3-2-14-31-16-21/h4-7,10-11,15,19,21H,2-3,8-9,12-14,16H2,1H3. The molecule has 4 heterocycles. The molecule has 0 N–H and O–H groups in total. The van der Waals surface area contributed by atoms with Crippen LogP contribution >= 0.6 is 0 Å². The van der Waals surface area contributed by atoms with Crippen LogP contribution in [0.2, 0.25) is 0 Å². The molecule has 0 saturated carbocycles. The highest BCUT2D eigenvalue weighted by molar-refractivity contribution is 5.83. The van der Waals surface area contributed by atoms with Gasteiger partial charge in [-0.2, -0.15) is 0 Å². The van der Waals surface area contributed by atoms with Crippen molar-refractivity contribution in [3.63, 3.8) is 0 Å². The highest BCUT2D eigenvalue weighted by Crippen LogP contribution is 2.32. The van der Waals surface area contributed by atoms with Gasteiger partial charge in [-0.1, -0.05) is 24.3 Å². The fourth-order valence-corrected chi connectivity index (χ4v) is 4.59. The van der Waals surface area contributed by atoms with Crippen molar-refractivity contribution in [1.29, 1.82) is 0 Å². The number of likely N-dealkylation sites (tertiary alicyclic amines) is 1. The zero-order chi connectivity index (χ0) is 21.9. The molecule has 0 radical (unpaired) electrons. The van der Waals surface area contributed by atoms with Crippen LogP contribution in [0.4, 0.5) is 0 Å². The zero-order valence-corrected chi connectivity index (χ0v) is 18.4. The van der Waals surface area contributed by atoms with Crippen LogP contribution in [0, 0.1) is 0 Å². The Bertz CT molecular complexity index is 1090. The van der Waals surface area contributed by atoms with Gasteiger partial charge in [0.2, 0.25) is 11.8 Å². The minimum Gasteiger partial charge on any atom is -0.470 e. The smallest absolute Gasteiger partial charge is 0.243 e. The molecule has 2 aromatic heterocycles. The van der Waals surface area contributed by atoms with E-state index in [1.54, 1.807) is 19.3 Å². The van der Waals surface area contributed by atoms with Crippen molar-refractivity contribution in [3.05, 3.63) is 48.3 Å². The Morgan fingerprint density at radius 3 is 2.59 bits per heavy atom. The van der Waals surface area contributed by atoms with Crippen molar-refractivity contribution in [3.8, 4) is 17.1 Å². The maximum Gasteiger partial charge on any atom is 0.243 e. The zero-order valence-electron chi connectivity index (χ0n) is 18.4. The van der Waals surface area contributed by atoms with Crippen LogP contribution in [-0.4, -0.2) is 58.2 Å². The van der Waals surface area contributed by atoms with Gasteiger partial charge in [0, 0.05) is 44.6 Å². The van der Waals surface area contributed by atoms with Crippen molar-refractivity contribution in [1.82, 2.24) is 19.9 Å². The summed E-state index contributed by atoms with van der Waals surface area (Å²) in [6.07, 6.45) is 7.29. The van der Waals surface area contributed by atoms with Crippen LogP contribution in [0.25, 0.3) is 22.3 Å². The summed E-state index contributed by atoms with van der Waals surface area (Å²) in [5.74, 6) is 1.17. The van der Waals surface area contributed by atoms with E-state index >= 15 is 0 Å². The Balaban J connectivity index is 1.39. The molecule has 2 saturated heterocycles. The first-order valence-corrected chi connectivity index (χ1v) is 11.4. The molecule has 7 heteroatoms. The predicted molar refractivity (Wildman–Crippen MR) is 121 cm³/mol. The number of pyridine rings is 1. The van der Waals surface area contributed by atoms with Gasteiger partial charge < -0.3 is 14.4 Å². The summed E-state index contributed by atoms with van der Waals surface area (Å²) in [7, 11) is 0. The molecule has 1 amide bonds. The molecule has 1 aromatic carbocycles. The minimum absolute atomic E-state index is 0.0139. The summed E-state index contributed by atoms with van der Waals surface area (Å²) >= 11 is 0. The SMILES string of the molecule is CC(=O)N1CCC(c2ccc(-c3cc4nccnc4c(OC4CCCOC4)n3)cc2)CC1. The first-order valence-electron chi connectivity index (χ1n) is 11.4. The van der Waals surface area contributed by atoms with Gasteiger partial charge in [-0.05, 0) is 43.2 Å². The lowest BCUT2D eigenvalue weighted by Crippen LogP contribution is -2.36. The van der Waals surface area contributed by atoms with E-state index in [0.717, 1.165) is 62.2 Å². The Labute approximate surface area is 187 Å². The van der Waals surface area contributed by atoms with E-state index in [4.69, 9.17) is 14.5 Å². The van der Waals surface area contributed by atoms with Crippen LogP contribution in [-0.2, 0) is 9.53 Å². The molecule has 0 aliphatic carbocycles. The summed E-state index contributed by atoms with van der Waals surface area (Å²) in [5.41, 5.74) is 4.60. The molecule has 0 spiro atoms. The van der Waals surface area contributed by atoms with Gasteiger partial charge in [-0.3, -0.25) is 9.78 Å². The van der Waals surface area contributed by atoms with Crippen molar-refractivity contribution >= 4 is 16.9 Å². The van der Waals surface area contributed by atoms with Gasteiger partial charge in [0.05, 0.1) is 17.8 Å². The van der Waals surface area contributed by atoms with E-state index in [2.05, 4.69) is 34.2 Å². The number of ether oxygens (including phenoxy) is 2. The van der Waals surface area contributed by atoms with Gasteiger partial charge >= 0.3 is 0 Å². The van der Waals surface area contributed by atoms with Gasteiger partial charge in [-0.15, -0.1) is 0 Å². The molecule has 2 aliphatic rings. The Kier molecular flexibility index (Phi) is 5.99. The van der Waals surface area contributed by atoms with Crippen LogP contribution in [0.5, 0.6) is 5.88 Å². The van der Waals surface area contributed by atoms with E-state index in [0.29, 0.717) is 23.9 Å². The predicted octanol–water partition coefficient (Wildman–Crippen LogP) is 3.98. The fraction of sp³-hybridized carbons (Fsp3) is 0.440. The Hall–Kier alpha value is -3.06. The molecule has 2 aliphatic heterocycles. The maximum absolute atomic E-state index is 11.6. The highest BCUT2D eigenvalue weighted by Gasteiger charge is 2.22. The summed E-state index contributed by atoms with van der Waals surface area (Å²) in [6.45, 7) is 4.67. The van der Waals surface area contributed by atoms with Gasteiger partial charge in [-0.25, -0.2) is 9.97 Å². The van der Waals surface area contributed by atoms with Crippen LogP contribution < -0.4 is 4.74 Å². The lowest BCUT2D eigenvalue weighted by molar-refractivity contribution is -0.129. The first-order chi connectivity index (χ1) is 15.7. The number of carbonyl (C=O) groups is 1. The first kappa shape index (κ1) is 20.8. The normalized spacial score (nSPS) is 19.8. The quantitative estimate of drug-likeness (QED) is 0.621. The molecule has 5 rings (SSSR count). The molecular formula is C25H28N4O3. The Morgan fingerprint density at radius 1 is 1.09 bits per heavy atom. The minimum atomic E-state index is -0.0139. The van der Waals surface area contributed by atoms with Crippen molar-refractivity contribution < 1.29 is 14.3 Å². The average Bonchev–Trinajstić information content (AvgIpc) is 2.85. The molecular weight excluding hydrogens is 404 g/mol. The molecule has 3 aromatic rings. The molecule has 2 fully saturated rings. The van der Waals surface area contributed by atoms with E-state index in [-0.39, 0.29) is 12.0 Å². The van der Waals surface area contributed by atoms with Crippen molar-refractivity contribution in [2.24, 2.45) is 0 Å². The molecule has 7 nitrogen and oxygen atoms in total. The van der Waals surface area contributed by atoms with Gasteiger partial charge in [0.25, 0.3) is 0 Å². The summed E-state index contributed by atoms with van der Waals surface area (Å²) in [6, 6.07) is 10.6. The average molecular weight is 433 g/mol. The summed E-state index contributed by atoms with van der Waals surface area (Å²) in [4.78, 5) is 27.3. The van der Waals surface area contributed by atoms with E-state index in [1.165, 1.54) is 5.56 Å². The lowest BCUT2D eigenvalue weighted by Gasteiger charge is -2.31. The number of rotatable bonds is 4. The van der Waals surface area contributed by atoms with Gasteiger partial charge in [0.15, 0.2) is 5.52 Å². The highest BCUT2D eigenvalue weighted by atomic mass is 16.5. The molecule has 0 bridgehead atoms. The summed E-state index contributed by atoms with van der Waals surface area (Å²) in [5, 5.41) is 0. The summed E-state index contributed by atoms with van der Waals surface area (Å²) < 4.78 is 11.8. The van der Waals surface area contributed by atoms with Crippen molar-refractivity contribution in [2.75, 3.05) is 26.3 Å². The monoisotopic (exact) mass is 432 g/mol. The number of nitrogens with zero attached hydrogens (tertiary/aromatic N) is 4. The number of carbonyl (C=O) groups excluding carboxylic acids is 1. The second-order valence-electron chi connectivity index (χ2n) is 8.60. The third-order valence-electron chi connectivity index (χ3n) is 6.44. The van der Waals surface area contributed by atoms with E-state index < -0.39 is 0 Å².